The first kappa shape index (κ1) is 49.8. The van der Waals surface area contributed by atoms with Crippen molar-refractivity contribution in [1.29, 1.82) is 0 Å². The van der Waals surface area contributed by atoms with Gasteiger partial charge in [0.2, 0.25) is 5.95 Å². The van der Waals surface area contributed by atoms with Crippen LogP contribution in [0, 0.1) is 5.41 Å². The van der Waals surface area contributed by atoms with Crippen LogP contribution < -0.4 is 0 Å². The van der Waals surface area contributed by atoms with Gasteiger partial charge in [-0.25, -0.2) is 9.97 Å². The highest BCUT2D eigenvalue weighted by molar-refractivity contribution is 7.79. The number of hydrogen-bond acceptors (Lipinski definition) is 4. The van der Waals surface area contributed by atoms with Crippen molar-refractivity contribution >= 4 is 76.7 Å². The van der Waals surface area contributed by atoms with Crippen LogP contribution in [-0.4, -0.2) is 20.8 Å². The van der Waals surface area contributed by atoms with Gasteiger partial charge in [0.25, 0.3) is 0 Å². The van der Waals surface area contributed by atoms with E-state index in [4.69, 9.17) is 9.97 Å². The molecule has 0 unspecified atom stereocenters. The molecule has 346 valence electrons. The van der Waals surface area contributed by atoms with Crippen molar-refractivity contribution in [2.24, 2.45) is 5.41 Å². The van der Waals surface area contributed by atoms with Gasteiger partial charge < -0.3 is 0 Å². The second kappa shape index (κ2) is 23.3. The fraction of sp³-hybridized carbons (Fsp3) is 0.156. The van der Waals surface area contributed by atoms with Gasteiger partial charge in [-0.2, -0.15) is 12.6 Å². The second-order valence-electron chi connectivity index (χ2n) is 17.4. The largest absolute Gasteiger partial charge is 0.278 e. The van der Waals surface area contributed by atoms with Crippen molar-refractivity contribution in [3.8, 4) is 50.6 Å². The predicted molar refractivity (Wildman–Crippen MR) is 310 cm³/mol. The van der Waals surface area contributed by atoms with Crippen LogP contribution in [0.1, 0.15) is 55.4 Å². The number of rotatable bonds is 5. The molecule has 0 fully saturated rings. The van der Waals surface area contributed by atoms with E-state index < -0.39 is 0 Å². The zero-order valence-electron chi connectivity index (χ0n) is 41.4. The summed E-state index contributed by atoms with van der Waals surface area (Å²) in [4.78, 5) is 10.2. The van der Waals surface area contributed by atoms with Gasteiger partial charge in [-0.1, -0.05) is 198 Å². The number of fused-ring (bicyclic) bond motifs is 7. The molecular formula is C64H63N3S2. The highest BCUT2D eigenvalue weighted by Crippen LogP contribution is 2.41. The summed E-state index contributed by atoms with van der Waals surface area (Å²) in [6, 6.07) is 65.4. The van der Waals surface area contributed by atoms with Crippen LogP contribution in [0.5, 0.6) is 0 Å². The molecule has 5 heteroatoms. The Labute approximate surface area is 419 Å². The van der Waals surface area contributed by atoms with Crippen LogP contribution >= 0.6 is 24.0 Å². The lowest BCUT2D eigenvalue weighted by Crippen LogP contribution is -2.01. The van der Waals surface area contributed by atoms with E-state index in [-0.39, 0.29) is 0 Å². The molecule has 0 saturated heterocycles. The van der Waals surface area contributed by atoms with Gasteiger partial charge in [-0.3, -0.25) is 4.57 Å². The van der Waals surface area contributed by atoms with Gasteiger partial charge in [0.1, 0.15) is 0 Å². The molecule has 0 N–H and O–H groups in total. The molecule has 0 radical (unpaired) electrons. The fourth-order valence-corrected chi connectivity index (χ4v) is 9.76. The third-order valence-corrected chi connectivity index (χ3v) is 12.9. The summed E-state index contributed by atoms with van der Waals surface area (Å²) in [5, 5.41) is 7.36. The summed E-state index contributed by atoms with van der Waals surface area (Å²) in [7, 11) is 0. The lowest BCUT2D eigenvalue weighted by molar-refractivity contribution is 0.543. The minimum Gasteiger partial charge on any atom is -0.278 e. The average molecular weight is 938 g/mol. The van der Waals surface area contributed by atoms with Crippen molar-refractivity contribution in [3.05, 3.63) is 212 Å². The quantitative estimate of drug-likeness (QED) is 0.138. The lowest BCUT2D eigenvalue weighted by Gasteiger charge is -2.10. The molecule has 3 nitrogen and oxygen atoms in total. The molecule has 3 heterocycles. The molecule has 0 aliphatic carbocycles. The maximum absolute atomic E-state index is 5.27. The number of thiophene rings is 1. The van der Waals surface area contributed by atoms with E-state index in [1.165, 1.54) is 75.1 Å². The van der Waals surface area contributed by atoms with E-state index in [1.54, 1.807) is 6.26 Å². The van der Waals surface area contributed by atoms with Crippen molar-refractivity contribution in [1.82, 2.24) is 14.5 Å². The van der Waals surface area contributed by atoms with E-state index in [0.717, 1.165) is 22.3 Å². The van der Waals surface area contributed by atoms with E-state index >= 15 is 0 Å². The smallest absolute Gasteiger partial charge is 0.235 e. The number of thiol groups is 1. The normalized spacial score (nSPS) is 11.2. The van der Waals surface area contributed by atoms with Crippen LogP contribution in [0.25, 0.3) is 103 Å². The standard InChI is InChI=1S/C50H31N3S.C7H14.C4H8.C2H6.CH4S/c1-2-10-32(11-3-1)33-20-22-34(23-21-33)37-24-25-46-43(30-37)44-29-35-12-4-5-13-36(35)31-47(44)53(46)50-51-27-26-45(52-50)39-15-8-14-38(28-39)40-17-9-18-42-41-16-6-7-19-48(41)54-49(40)42;1-5-6-7(2,3)4;1-3-4-2;2*1-2/h1-31H;5-6H,1-4H3;3-4H,1-2H3;1-2H3;2H,1H3/b;6-5+;4-3-;;. The summed E-state index contributed by atoms with van der Waals surface area (Å²) in [6.07, 6.45) is 11.9. The zero-order valence-corrected chi connectivity index (χ0v) is 43.1. The van der Waals surface area contributed by atoms with Crippen molar-refractivity contribution in [3.63, 3.8) is 0 Å². The molecule has 69 heavy (non-hydrogen) atoms. The molecule has 0 aliphatic rings. The third-order valence-electron chi connectivity index (χ3n) is 11.7. The topological polar surface area (TPSA) is 30.7 Å². The monoisotopic (exact) mass is 937 g/mol. The van der Waals surface area contributed by atoms with Gasteiger partial charge in [-0.05, 0) is 119 Å². The SMILES string of the molecule is C/C=C/C(C)(C)C.C/C=C\C.CC.CS.c1ccc(-c2ccc(-c3ccc4c(c3)c3cc5ccccc5cc3n4-c3nccc(-c4cccc(-c5cccc6c5sc5ccccc56)c4)n3)cc2)cc1. The molecule has 0 amide bonds. The maximum Gasteiger partial charge on any atom is 0.235 e. The van der Waals surface area contributed by atoms with Gasteiger partial charge >= 0.3 is 0 Å². The van der Waals surface area contributed by atoms with E-state index in [2.05, 4.69) is 226 Å². The Morgan fingerprint density at radius 3 is 1.72 bits per heavy atom. The van der Waals surface area contributed by atoms with E-state index in [1.807, 2.05) is 70.4 Å². The fourth-order valence-electron chi connectivity index (χ4n) is 8.52. The minimum atomic E-state index is 0.370. The molecular weight excluding hydrogens is 875 g/mol. The summed E-state index contributed by atoms with van der Waals surface area (Å²) in [5.74, 6) is 0.653. The number of nitrogens with zero attached hydrogens (tertiary/aromatic N) is 3. The second-order valence-corrected chi connectivity index (χ2v) is 18.4. The molecule has 3 aromatic heterocycles. The molecule has 0 saturated carbocycles. The Morgan fingerprint density at radius 2 is 1.04 bits per heavy atom. The number of benzene rings is 8. The van der Waals surface area contributed by atoms with Gasteiger partial charge in [0.15, 0.2) is 0 Å². The van der Waals surface area contributed by atoms with Crippen molar-refractivity contribution in [2.45, 2.75) is 55.4 Å². The van der Waals surface area contributed by atoms with E-state index in [0.29, 0.717) is 11.4 Å². The summed E-state index contributed by atoms with van der Waals surface area (Å²) in [6.45, 7) is 16.6. The highest BCUT2D eigenvalue weighted by atomic mass is 32.1. The summed E-state index contributed by atoms with van der Waals surface area (Å²) in [5.41, 5.74) is 11.7. The Balaban J connectivity index is 0.000000416. The van der Waals surface area contributed by atoms with Crippen molar-refractivity contribution in [2.75, 3.05) is 6.26 Å². The molecule has 8 aromatic carbocycles. The number of allylic oxidation sites excluding steroid dienone is 4. The average Bonchev–Trinajstić information content (AvgIpc) is 3.94. The Morgan fingerprint density at radius 1 is 0.478 bits per heavy atom. The van der Waals surface area contributed by atoms with Crippen LogP contribution in [0.3, 0.4) is 0 Å². The Bertz CT molecular complexity index is 3490. The molecule has 11 rings (SSSR count). The van der Waals surface area contributed by atoms with Crippen LogP contribution in [0.15, 0.2) is 212 Å². The van der Waals surface area contributed by atoms with Crippen LogP contribution in [0.4, 0.5) is 0 Å². The Kier molecular flexibility index (Phi) is 16.8. The first-order chi connectivity index (χ1) is 33.7. The van der Waals surface area contributed by atoms with E-state index in [9.17, 15) is 0 Å². The zero-order chi connectivity index (χ0) is 48.9. The van der Waals surface area contributed by atoms with Crippen LogP contribution in [0.2, 0.25) is 0 Å². The lowest BCUT2D eigenvalue weighted by atomic mass is 9.97. The first-order valence-corrected chi connectivity index (χ1v) is 25.6. The maximum atomic E-state index is 5.27. The van der Waals surface area contributed by atoms with Gasteiger partial charge in [0, 0.05) is 42.7 Å². The molecule has 0 spiro atoms. The molecule has 11 aromatic rings. The highest BCUT2D eigenvalue weighted by Gasteiger charge is 2.18. The first-order valence-electron chi connectivity index (χ1n) is 23.9. The van der Waals surface area contributed by atoms with Crippen LogP contribution in [-0.2, 0) is 0 Å². The predicted octanol–water partition coefficient (Wildman–Crippen LogP) is 19.5. The number of aromatic nitrogens is 3. The number of hydrogen-bond donors (Lipinski definition) is 1. The molecule has 0 atom stereocenters. The molecule has 0 aliphatic heterocycles. The molecule has 0 bridgehead atoms. The third kappa shape index (κ3) is 11.3. The summed E-state index contributed by atoms with van der Waals surface area (Å²) >= 11 is 5.39. The van der Waals surface area contributed by atoms with Crippen molar-refractivity contribution < 1.29 is 0 Å². The minimum absolute atomic E-state index is 0.370. The van der Waals surface area contributed by atoms with Gasteiger partial charge in [-0.15, -0.1) is 11.3 Å². The Hall–Kier alpha value is -7.05. The summed E-state index contributed by atoms with van der Waals surface area (Å²) < 4.78 is 4.84. The van der Waals surface area contributed by atoms with Gasteiger partial charge in [0.05, 0.1) is 16.7 Å².